The number of thioether (sulfide) groups is 1. The number of aliphatic hydroxyl groups is 1. The molecule has 1 aliphatic heterocycles. The third kappa shape index (κ3) is 2.82. The molecule has 1 unspecified atom stereocenters. The van der Waals surface area contributed by atoms with Gasteiger partial charge in [-0.2, -0.15) is 8.78 Å². The van der Waals surface area contributed by atoms with Gasteiger partial charge in [-0.15, -0.1) is 0 Å². The third-order valence-electron chi connectivity index (χ3n) is 3.38. The molecule has 9 heteroatoms. The van der Waals surface area contributed by atoms with Crippen molar-refractivity contribution in [1.82, 2.24) is 0 Å². The molecule has 128 valence electrons. The van der Waals surface area contributed by atoms with Gasteiger partial charge in [0, 0.05) is 16.5 Å². The van der Waals surface area contributed by atoms with E-state index in [2.05, 4.69) is 0 Å². The molecule has 2 aromatic rings. The molecule has 0 amide bonds. The molecule has 0 fully saturated rings. The van der Waals surface area contributed by atoms with Crippen molar-refractivity contribution in [2.24, 2.45) is 0 Å². The van der Waals surface area contributed by atoms with Crippen LogP contribution in [0.1, 0.15) is 23.7 Å². The molecule has 1 N–H and O–H groups in total. The van der Waals surface area contributed by atoms with Crippen LogP contribution in [0.4, 0.5) is 26.3 Å². The predicted molar refractivity (Wildman–Crippen MR) is 73.6 cm³/mol. The second-order valence-electron chi connectivity index (χ2n) is 4.93. The van der Waals surface area contributed by atoms with E-state index in [4.69, 9.17) is 4.74 Å². The summed E-state index contributed by atoms with van der Waals surface area (Å²) >= 11 is -0.0294. The van der Waals surface area contributed by atoms with E-state index in [1.54, 1.807) is 0 Å². The van der Waals surface area contributed by atoms with Crippen LogP contribution < -0.4 is 4.74 Å². The molecule has 0 aliphatic carbocycles. The van der Waals surface area contributed by atoms with Crippen molar-refractivity contribution < 1.29 is 36.2 Å². The molecule has 0 saturated heterocycles. The predicted octanol–water partition coefficient (Wildman–Crippen LogP) is 5.43. The lowest BCUT2D eigenvalue weighted by molar-refractivity contribution is -0.0327. The van der Waals surface area contributed by atoms with E-state index >= 15 is 0 Å². The first kappa shape index (κ1) is 17.0. The van der Waals surface area contributed by atoms with Gasteiger partial charge >= 0.3 is 5.25 Å². The Kier molecular flexibility index (Phi) is 4.16. The number of ether oxygens (including phenoxy) is 1. The van der Waals surface area contributed by atoms with Gasteiger partial charge in [0.1, 0.15) is 11.5 Å². The SMILES string of the molecule is OC1c2c(ccc(Oc3ccc(F)c(F)c3)c2C(F)F)SC1(F)F. The maximum atomic E-state index is 13.6. The average molecular weight is 366 g/mol. The largest absolute Gasteiger partial charge is 0.457 e. The average Bonchev–Trinajstić information content (AvgIpc) is 2.73. The van der Waals surface area contributed by atoms with Gasteiger partial charge in [0.15, 0.2) is 17.7 Å². The lowest BCUT2D eigenvalue weighted by Crippen LogP contribution is -2.17. The van der Waals surface area contributed by atoms with E-state index in [-0.39, 0.29) is 22.4 Å². The van der Waals surface area contributed by atoms with Crippen molar-refractivity contribution in [2.45, 2.75) is 22.7 Å². The normalized spacial score (nSPS) is 18.8. The number of aliphatic hydroxyl groups excluding tert-OH is 1. The fourth-order valence-electron chi connectivity index (χ4n) is 2.32. The van der Waals surface area contributed by atoms with Crippen LogP contribution in [0, 0.1) is 11.6 Å². The van der Waals surface area contributed by atoms with Crippen molar-refractivity contribution >= 4 is 11.8 Å². The molecule has 2 aromatic carbocycles. The van der Waals surface area contributed by atoms with Gasteiger partial charge in [-0.05, 0) is 36.0 Å². The third-order valence-corrected chi connectivity index (χ3v) is 4.45. The first-order chi connectivity index (χ1) is 11.2. The molecule has 0 spiro atoms. The highest BCUT2D eigenvalue weighted by Crippen LogP contribution is 2.57. The Bertz CT molecular complexity index is 796. The Morgan fingerprint density at radius 3 is 2.42 bits per heavy atom. The van der Waals surface area contributed by atoms with Crippen molar-refractivity contribution in [3.05, 3.63) is 53.1 Å². The summed E-state index contributed by atoms with van der Waals surface area (Å²) in [6.45, 7) is 0. The Morgan fingerprint density at radius 1 is 1.08 bits per heavy atom. The van der Waals surface area contributed by atoms with E-state index in [0.717, 1.165) is 24.3 Å². The van der Waals surface area contributed by atoms with Gasteiger partial charge in [0.05, 0.1) is 5.56 Å². The summed E-state index contributed by atoms with van der Waals surface area (Å²) in [5, 5.41) is 5.99. The molecule has 2 nitrogen and oxygen atoms in total. The minimum absolute atomic E-state index is 0.0294. The second kappa shape index (κ2) is 5.89. The molecule has 1 heterocycles. The van der Waals surface area contributed by atoms with Crippen LogP contribution in [-0.2, 0) is 0 Å². The molecule has 24 heavy (non-hydrogen) atoms. The minimum atomic E-state index is -3.65. The highest BCUT2D eigenvalue weighted by molar-refractivity contribution is 8.00. The van der Waals surface area contributed by atoms with Gasteiger partial charge < -0.3 is 9.84 Å². The van der Waals surface area contributed by atoms with Crippen molar-refractivity contribution in [3.8, 4) is 11.5 Å². The molecule has 0 radical (unpaired) electrons. The Hall–Kier alpha value is -1.87. The lowest BCUT2D eigenvalue weighted by atomic mass is 10.0. The summed E-state index contributed by atoms with van der Waals surface area (Å²) in [5.41, 5.74) is -1.53. The van der Waals surface area contributed by atoms with E-state index in [0.29, 0.717) is 6.07 Å². The molecule has 3 rings (SSSR count). The molecular weight excluding hydrogens is 358 g/mol. The Morgan fingerprint density at radius 2 is 1.79 bits per heavy atom. The van der Waals surface area contributed by atoms with E-state index < -0.39 is 46.3 Å². The maximum absolute atomic E-state index is 13.6. The monoisotopic (exact) mass is 366 g/mol. The maximum Gasteiger partial charge on any atom is 0.327 e. The summed E-state index contributed by atoms with van der Waals surface area (Å²) < 4.78 is 85.0. The highest BCUT2D eigenvalue weighted by atomic mass is 32.2. The number of benzene rings is 2. The number of alkyl halides is 4. The van der Waals surface area contributed by atoms with Crippen LogP contribution in [0.3, 0.4) is 0 Å². The van der Waals surface area contributed by atoms with Crippen LogP contribution in [0.5, 0.6) is 11.5 Å². The van der Waals surface area contributed by atoms with Crippen LogP contribution in [0.2, 0.25) is 0 Å². The van der Waals surface area contributed by atoms with Gasteiger partial charge in [-0.25, -0.2) is 17.6 Å². The molecule has 0 aromatic heterocycles. The Labute approximate surface area is 136 Å². The zero-order valence-electron chi connectivity index (χ0n) is 11.6. The summed E-state index contributed by atoms with van der Waals surface area (Å²) in [6, 6.07) is 4.49. The molecule has 1 atom stereocenters. The number of hydrogen-bond acceptors (Lipinski definition) is 3. The number of fused-ring (bicyclic) bond motifs is 1. The number of halogens is 6. The van der Waals surface area contributed by atoms with Crippen LogP contribution in [-0.4, -0.2) is 10.4 Å². The van der Waals surface area contributed by atoms with Crippen molar-refractivity contribution in [1.29, 1.82) is 0 Å². The van der Waals surface area contributed by atoms with Crippen LogP contribution in [0.25, 0.3) is 0 Å². The van der Waals surface area contributed by atoms with Crippen LogP contribution in [0.15, 0.2) is 35.2 Å². The standard InChI is InChI=1S/C15H8F6O2S/c16-7-2-1-6(5-8(7)17)23-9-3-4-10-12(11(9)14(18)19)13(22)15(20,21)24-10/h1-5,13-14,22H. The zero-order valence-corrected chi connectivity index (χ0v) is 12.4. The summed E-state index contributed by atoms with van der Waals surface area (Å²) in [6.07, 6.45) is -5.64. The minimum Gasteiger partial charge on any atom is -0.457 e. The summed E-state index contributed by atoms with van der Waals surface area (Å²) in [7, 11) is 0. The highest BCUT2D eigenvalue weighted by Gasteiger charge is 2.50. The molecule has 0 bridgehead atoms. The number of hydrogen-bond donors (Lipinski definition) is 1. The van der Waals surface area contributed by atoms with Crippen molar-refractivity contribution in [3.63, 3.8) is 0 Å². The van der Waals surface area contributed by atoms with E-state index in [9.17, 15) is 31.4 Å². The van der Waals surface area contributed by atoms with Crippen molar-refractivity contribution in [2.75, 3.05) is 0 Å². The topological polar surface area (TPSA) is 29.5 Å². The molecule has 0 saturated carbocycles. The van der Waals surface area contributed by atoms with Gasteiger partial charge in [0.25, 0.3) is 6.43 Å². The summed E-state index contributed by atoms with van der Waals surface area (Å²) in [4.78, 5) is -0.194. The molecule has 1 aliphatic rings. The smallest absolute Gasteiger partial charge is 0.327 e. The zero-order chi connectivity index (χ0) is 17.6. The fourth-order valence-corrected chi connectivity index (χ4v) is 3.31. The lowest BCUT2D eigenvalue weighted by Gasteiger charge is -2.17. The first-order valence-electron chi connectivity index (χ1n) is 6.53. The summed E-state index contributed by atoms with van der Waals surface area (Å²) in [5.74, 6) is -3.22. The quantitative estimate of drug-likeness (QED) is 0.735. The number of rotatable bonds is 3. The van der Waals surface area contributed by atoms with Gasteiger partial charge in [-0.1, -0.05) is 0 Å². The van der Waals surface area contributed by atoms with E-state index in [1.165, 1.54) is 0 Å². The Balaban J connectivity index is 2.07. The van der Waals surface area contributed by atoms with Crippen LogP contribution >= 0.6 is 11.8 Å². The van der Waals surface area contributed by atoms with Gasteiger partial charge in [0.2, 0.25) is 0 Å². The van der Waals surface area contributed by atoms with Gasteiger partial charge in [-0.3, -0.25) is 0 Å². The second-order valence-corrected chi connectivity index (χ2v) is 6.12. The fraction of sp³-hybridized carbons (Fsp3) is 0.200. The molecular formula is C15H8F6O2S. The van der Waals surface area contributed by atoms with E-state index in [1.807, 2.05) is 0 Å². The first-order valence-corrected chi connectivity index (χ1v) is 7.35.